The predicted molar refractivity (Wildman–Crippen MR) is 98.6 cm³/mol. The number of nitrogens with zero attached hydrogens (tertiary/aromatic N) is 1. The van der Waals surface area contributed by atoms with Crippen molar-refractivity contribution < 1.29 is 14.6 Å². The summed E-state index contributed by atoms with van der Waals surface area (Å²) in [5.41, 5.74) is 1.93. The summed E-state index contributed by atoms with van der Waals surface area (Å²) < 4.78 is 5.74. The second-order valence-electron chi connectivity index (χ2n) is 5.87. The molecule has 5 nitrogen and oxygen atoms in total. The van der Waals surface area contributed by atoms with E-state index in [1.54, 1.807) is 14.1 Å². The van der Waals surface area contributed by atoms with E-state index in [4.69, 9.17) is 16.3 Å². The Hall–Kier alpha value is -2.08. The molecule has 0 saturated carbocycles. The van der Waals surface area contributed by atoms with Crippen LogP contribution in [0.25, 0.3) is 0 Å². The molecule has 25 heavy (non-hydrogen) atoms. The number of amides is 1. The van der Waals surface area contributed by atoms with E-state index < -0.39 is 6.04 Å². The maximum Gasteiger partial charge on any atom is 0.241 e. The van der Waals surface area contributed by atoms with E-state index in [-0.39, 0.29) is 12.5 Å². The fourth-order valence-electron chi connectivity index (χ4n) is 2.26. The van der Waals surface area contributed by atoms with Gasteiger partial charge in [-0.2, -0.15) is 0 Å². The molecule has 1 atom stereocenters. The molecule has 0 fully saturated rings. The van der Waals surface area contributed by atoms with Crippen molar-refractivity contribution in [2.75, 3.05) is 20.7 Å². The number of aliphatic hydroxyl groups is 1. The summed E-state index contributed by atoms with van der Waals surface area (Å²) in [6, 6.07) is 14.5. The number of carbonyl (C=O) groups excluding carboxylic acids is 1. The lowest BCUT2D eigenvalue weighted by molar-refractivity contribution is -0.131. The van der Waals surface area contributed by atoms with Gasteiger partial charge in [0.25, 0.3) is 0 Å². The maximum atomic E-state index is 11.9. The minimum atomic E-state index is -0.605. The lowest BCUT2D eigenvalue weighted by atomic mass is 10.2. The van der Waals surface area contributed by atoms with Gasteiger partial charge in [-0.05, 0) is 23.8 Å². The van der Waals surface area contributed by atoms with Crippen LogP contribution >= 0.6 is 11.6 Å². The van der Waals surface area contributed by atoms with Gasteiger partial charge in [0, 0.05) is 31.2 Å². The third kappa shape index (κ3) is 5.74. The minimum Gasteiger partial charge on any atom is -0.489 e. The summed E-state index contributed by atoms with van der Waals surface area (Å²) in [6.07, 6.45) is 0. The van der Waals surface area contributed by atoms with Crippen molar-refractivity contribution >= 4 is 17.5 Å². The van der Waals surface area contributed by atoms with E-state index in [9.17, 15) is 9.90 Å². The fourth-order valence-corrected chi connectivity index (χ4v) is 2.45. The normalized spacial score (nSPS) is 11.8. The first-order chi connectivity index (χ1) is 12.0. The average Bonchev–Trinajstić information content (AvgIpc) is 2.62. The van der Waals surface area contributed by atoms with Gasteiger partial charge >= 0.3 is 0 Å². The van der Waals surface area contributed by atoms with E-state index in [1.807, 2.05) is 48.5 Å². The zero-order valence-electron chi connectivity index (χ0n) is 14.4. The van der Waals surface area contributed by atoms with Crippen LogP contribution in [-0.2, 0) is 17.9 Å². The lowest BCUT2D eigenvalue weighted by Gasteiger charge is -2.19. The summed E-state index contributed by atoms with van der Waals surface area (Å²) in [5.74, 6) is 0.592. The van der Waals surface area contributed by atoms with Crippen molar-refractivity contribution in [3.05, 3.63) is 64.7 Å². The highest BCUT2D eigenvalue weighted by Crippen LogP contribution is 2.19. The molecule has 0 aliphatic rings. The first-order valence-electron chi connectivity index (χ1n) is 8.02. The van der Waals surface area contributed by atoms with Gasteiger partial charge in [0.15, 0.2) is 0 Å². The summed E-state index contributed by atoms with van der Waals surface area (Å²) >= 11 is 6.11. The number of rotatable bonds is 8. The zero-order chi connectivity index (χ0) is 18.2. The number of hydrogen-bond acceptors (Lipinski definition) is 4. The topological polar surface area (TPSA) is 61.8 Å². The van der Waals surface area contributed by atoms with Crippen LogP contribution < -0.4 is 10.1 Å². The van der Waals surface area contributed by atoms with Crippen LogP contribution in [0.5, 0.6) is 5.75 Å². The Labute approximate surface area is 153 Å². The number of likely N-dealkylation sites (N-methyl/N-ethyl adjacent to an activating group) is 1. The molecule has 0 spiro atoms. The number of carbonyl (C=O) groups is 1. The summed E-state index contributed by atoms with van der Waals surface area (Å²) in [5, 5.41) is 13.1. The molecule has 1 amide bonds. The van der Waals surface area contributed by atoms with E-state index >= 15 is 0 Å². The van der Waals surface area contributed by atoms with Gasteiger partial charge in [-0.15, -0.1) is 0 Å². The van der Waals surface area contributed by atoms with Gasteiger partial charge < -0.3 is 14.7 Å². The van der Waals surface area contributed by atoms with E-state index in [1.165, 1.54) is 4.90 Å². The predicted octanol–water partition coefficient (Wildman–Crippen LogP) is 2.46. The monoisotopic (exact) mass is 362 g/mol. The van der Waals surface area contributed by atoms with Crippen LogP contribution in [-0.4, -0.2) is 42.7 Å². The Morgan fingerprint density at radius 3 is 2.48 bits per heavy atom. The molecule has 0 aliphatic heterocycles. The van der Waals surface area contributed by atoms with Gasteiger partial charge in [-0.25, -0.2) is 0 Å². The fraction of sp³-hybridized carbons (Fsp3) is 0.316. The molecule has 2 aromatic rings. The van der Waals surface area contributed by atoms with Gasteiger partial charge in [-0.3, -0.25) is 10.1 Å². The average molecular weight is 363 g/mol. The SMILES string of the molecule is CN(C)C(=O)[C@H](CO)NCc1ccc(OCc2ccccc2Cl)cc1. The highest BCUT2D eigenvalue weighted by atomic mass is 35.5. The third-order valence-electron chi connectivity index (χ3n) is 3.75. The smallest absolute Gasteiger partial charge is 0.241 e. The van der Waals surface area contributed by atoms with Gasteiger partial charge in [-0.1, -0.05) is 41.9 Å². The van der Waals surface area contributed by atoms with Gasteiger partial charge in [0.05, 0.1) is 6.61 Å². The number of ether oxygens (including phenoxy) is 1. The Kier molecular flexibility index (Phi) is 7.25. The second kappa shape index (κ2) is 9.42. The molecule has 2 N–H and O–H groups in total. The van der Waals surface area contributed by atoms with Gasteiger partial charge in [0.1, 0.15) is 18.4 Å². The molecule has 0 radical (unpaired) electrons. The second-order valence-corrected chi connectivity index (χ2v) is 6.28. The maximum absolute atomic E-state index is 11.9. The van der Waals surface area contributed by atoms with Crippen LogP contribution in [0, 0.1) is 0 Å². The molecule has 0 unspecified atom stereocenters. The largest absolute Gasteiger partial charge is 0.489 e. The molecular formula is C19H23ClN2O3. The first kappa shape index (κ1) is 19.2. The molecule has 0 aromatic heterocycles. The summed E-state index contributed by atoms with van der Waals surface area (Å²) in [7, 11) is 3.33. The van der Waals surface area contributed by atoms with Crippen LogP contribution in [0.2, 0.25) is 5.02 Å². The van der Waals surface area contributed by atoms with Crippen LogP contribution in [0.3, 0.4) is 0 Å². The zero-order valence-corrected chi connectivity index (χ0v) is 15.2. The molecule has 0 aliphatic carbocycles. The Bertz CT molecular complexity index is 689. The van der Waals surface area contributed by atoms with Crippen molar-refractivity contribution in [2.45, 2.75) is 19.2 Å². The minimum absolute atomic E-state index is 0.151. The Balaban J connectivity index is 1.87. The summed E-state index contributed by atoms with van der Waals surface area (Å²) in [6.45, 7) is 0.646. The summed E-state index contributed by atoms with van der Waals surface area (Å²) in [4.78, 5) is 13.3. The number of aliphatic hydroxyl groups excluding tert-OH is 1. The number of hydrogen-bond donors (Lipinski definition) is 2. The Morgan fingerprint density at radius 1 is 1.20 bits per heavy atom. The van der Waals surface area contributed by atoms with Crippen molar-refractivity contribution in [3.63, 3.8) is 0 Å². The van der Waals surface area contributed by atoms with Crippen LogP contribution in [0.1, 0.15) is 11.1 Å². The van der Waals surface area contributed by atoms with Crippen molar-refractivity contribution in [3.8, 4) is 5.75 Å². The standard InChI is InChI=1S/C19H23ClN2O3/c1-22(2)19(24)18(12-23)21-11-14-7-9-16(10-8-14)25-13-15-5-3-4-6-17(15)20/h3-10,18,21,23H,11-13H2,1-2H3/t18-/m0/s1. The molecular weight excluding hydrogens is 340 g/mol. The van der Waals surface area contributed by atoms with E-state index in [2.05, 4.69) is 5.32 Å². The lowest BCUT2D eigenvalue weighted by Crippen LogP contribution is -2.45. The van der Waals surface area contributed by atoms with Crippen molar-refractivity contribution in [1.29, 1.82) is 0 Å². The number of benzene rings is 2. The highest BCUT2D eigenvalue weighted by Gasteiger charge is 2.18. The first-order valence-corrected chi connectivity index (χ1v) is 8.39. The molecule has 6 heteroatoms. The van der Waals surface area contributed by atoms with Gasteiger partial charge in [0.2, 0.25) is 5.91 Å². The molecule has 0 bridgehead atoms. The number of halogens is 1. The van der Waals surface area contributed by atoms with Crippen LogP contribution in [0.4, 0.5) is 0 Å². The molecule has 0 saturated heterocycles. The molecule has 2 aromatic carbocycles. The van der Waals surface area contributed by atoms with E-state index in [0.717, 1.165) is 16.9 Å². The quantitative estimate of drug-likeness (QED) is 0.757. The number of nitrogens with one attached hydrogen (secondary N) is 1. The highest BCUT2D eigenvalue weighted by molar-refractivity contribution is 6.31. The molecule has 0 heterocycles. The molecule has 134 valence electrons. The third-order valence-corrected chi connectivity index (χ3v) is 4.12. The van der Waals surface area contributed by atoms with Crippen molar-refractivity contribution in [1.82, 2.24) is 10.2 Å². The van der Waals surface area contributed by atoms with E-state index in [0.29, 0.717) is 18.2 Å². The Morgan fingerprint density at radius 2 is 1.88 bits per heavy atom. The molecule has 2 rings (SSSR count). The van der Waals surface area contributed by atoms with Crippen LogP contribution in [0.15, 0.2) is 48.5 Å². The van der Waals surface area contributed by atoms with Crippen molar-refractivity contribution in [2.24, 2.45) is 0 Å².